The number of benzene rings is 2. The Hall–Kier alpha value is 0.710. The van der Waals surface area contributed by atoms with Gasteiger partial charge in [0.1, 0.15) is 0 Å². The normalized spacial score (nSPS) is 11.3. The Bertz CT molecular complexity index is 728. The second-order valence-corrected chi connectivity index (χ2v) is 13.6. The largest absolute Gasteiger partial charge is 0.162 e. The Balaban J connectivity index is 1.31. The first kappa shape index (κ1) is 29.9. The molecule has 0 aliphatic carbocycles. The van der Waals surface area contributed by atoms with Crippen molar-refractivity contribution in [2.75, 3.05) is 11.5 Å². The second-order valence-electron chi connectivity index (χ2n) is 8.83. The number of thioether (sulfide) groups is 1. The van der Waals surface area contributed by atoms with Crippen LogP contribution in [0.15, 0.2) is 54.3 Å². The van der Waals surface area contributed by atoms with E-state index in [1.807, 2.05) is 0 Å². The quantitative estimate of drug-likeness (QED) is 0.138. The Morgan fingerprint density at radius 3 is 1.24 bits per heavy atom. The van der Waals surface area contributed by atoms with E-state index < -0.39 is 0 Å². The molecular weight excluding hydrogens is 688 g/mol. The summed E-state index contributed by atoms with van der Waals surface area (Å²) in [5.41, 5.74) is 2.85. The molecule has 2 rings (SSSR count). The number of halogens is 4. The van der Waals surface area contributed by atoms with Crippen LogP contribution < -0.4 is 0 Å². The van der Waals surface area contributed by atoms with Gasteiger partial charge in [-0.1, -0.05) is 115 Å². The van der Waals surface area contributed by atoms with Crippen LogP contribution in [0, 0.1) is 0 Å². The first-order valence-corrected chi connectivity index (χ1v) is 16.8. The molecule has 184 valence electrons. The summed E-state index contributed by atoms with van der Waals surface area (Å²) in [5, 5.41) is 0. The summed E-state index contributed by atoms with van der Waals surface area (Å²) in [4.78, 5) is 0. The van der Waals surface area contributed by atoms with Crippen molar-refractivity contribution in [1.82, 2.24) is 0 Å². The monoisotopic (exact) mass is 722 g/mol. The zero-order valence-electron chi connectivity index (χ0n) is 19.7. The first-order valence-electron chi connectivity index (χ1n) is 12.5. The van der Waals surface area contributed by atoms with Gasteiger partial charge in [0.15, 0.2) is 0 Å². The van der Waals surface area contributed by atoms with Gasteiger partial charge in [-0.2, -0.15) is 11.8 Å². The highest BCUT2D eigenvalue weighted by Gasteiger charge is 2.02. The maximum atomic E-state index is 3.66. The topological polar surface area (TPSA) is 0 Å². The van der Waals surface area contributed by atoms with Gasteiger partial charge in [0.2, 0.25) is 0 Å². The molecule has 0 saturated heterocycles. The van der Waals surface area contributed by atoms with Crippen molar-refractivity contribution in [2.24, 2.45) is 0 Å². The Kier molecular flexibility index (Phi) is 17.2. The highest BCUT2D eigenvalue weighted by Crippen LogP contribution is 2.25. The van der Waals surface area contributed by atoms with E-state index in [1.165, 1.54) is 130 Å². The van der Waals surface area contributed by atoms with Crippen LogP contribution in [0.5, 0.6) is 0 Å². The molecule has 0 atom stereocenters. The minimum absolute atomic E-state index is 1.18. The molecular formula is C28H38Br4S. The van der Waals surface area contributed by atoms with Gasteiger partial charge in [0.25, 0.3) is 0 Å². The number of hydrogen-bond acceptors (Lipinski definition) is 1. The SMILES string of the molecule is Brc1ccc(Br)c(CCCCCCCCSCCCCCCCCc2cc(Br)ccc2Br)c1. The number of rotatable bonds is 18. The minimum atomic E-state index is 1.18. The van der Waals surface area contributed by atoms with E-state index in [4.69, 9.17) is 0 Å². The molecule has 0 aliphatic rings. The summed E-state index contributed by atoms with van der Waals surface area (Å²) in [6.45, 7) is 0. The Morgan fingerprint density at radius 2 is 0.818 bits per heavy atom. The van der Waals surface area contributed by atoms with Gasteiger partial charge in [-0.05, 0) is 97.6 Å². The van der Waals surface area contributed by atoms with Crippen LogP contribution in [-0.2, 0) is 12.8 Å². The lowest BCUT2D eigenvalue weighted by atomic mass is 10.1. The molecule has 0 radical (unpaired) electrons. The standard InChI is InChI=1S/C28H38Br4S/c29-25-15-17-27(31)23(21-25)13-9-5-1-3-7-11-19-33-20-12-8-4-2-6-10-14-24-22-26(30)16-18-28(24)32/h15-18,21-22H,1-14,19-20H2. The molecule has 0 nitrogen and oxygen atoms in total. The molecule has 0 spiro atoms. The second kappa shape index (κ2) is 18.9. The smallest absolute Gasteiger partial charge is 0.0208 e. The van der Waals surface area contributed by atoms with Crippen molar-refractivity contribution in [2.45, 2.75) is 89.9 Å². The summed E-state index contributed by atoms with van der Waals surface area (Å²) in [6, 6.07) is 13.0. The molecule has 2 aromatic rings. The highest BCUT2D eigenvalue weighted by molar-refractivity contribution is 9.11. The predicted octanol–water partition coefficient (Wildman–Crippen LogP) is 11.9. The van der Waals surface area contributed by atoms with E-state index in [0.29, 0.717) is 0 Å². The molecule has 0 fully saturated rings. The molecule has 0 bridgehead atoms. The fourth-order valence-electron chi connectivity index (χ4n) is 4.03. The summed E-state index contributed by atoms with van der Waals surface area (Å²) in [6.07, 6.45) is 18.8. The molecule has 0 unspecified atom stereocenters. The molecule has 5 heteroatoms. The van der Waals surface area contributed by atoms with Gasteiger partial charge < -0.3 is 0 Å². The van der Waals surface area contributed by atoms with Gasteiger partial charge in [-0.15, -0.1) is 0 Å². The summed E-state index contributed by atoms with van der Waals surface area (Å²) < 4.78 is 4.85. The Labute approximate surface area is 240 Å². The van der Waals surface area contributed by atoms with Crippen molar-refractivity contribution in [3.63, 3.8) is 0 Å². The van der Waals surface area contributed by atoms with Crippen molar-refractivity contribution in [1.29, 1.82) is 0 Å². The third kappa shape index (κ3) is 14.1. The maximum absolute atomic E-state index is 3.66. The average Bonchev–Trinajstić information content (AvgIpc) is 2.80. The summed E-state index contributed by atoms with van der Waals surface area (Å²) >= 11 is 16.6. The zero-order chi connectivity index (χ0) is 23.7. The van der Waals surface area contributed by atoms with Crippen LogP contribution in [-0.4, -0.2) is 11.5 Å². The van der Waals surface area contributed by atoms with Crippen LogP contribution in [0.2, 0.25) is 0 Å². The molecule has 0 aliphatic heterocycles. The fraction of sp³-hybridized carbons (Fsp3) is 0.571. The molecule has 2 aromatic carbocycles. The minimum Gasteiger partial charge on any atom is -0.162 e. The molecule has 33 heavy (non-hydrogen) atoms. The molecule has 0 aromatic heterocycles. The van der Waals surface area contributed by atoms with Crippen molar-refractivity contribution in [3.8, 4) is 0 Å². The van der Waals surface area contributed by atoms with Gasteiger partial charge >= 0.3 is 0 Å². The zero-order valence-corrected chi connectivity index (χ0v) is 26.9. The third-order valence-corrected chi connectivity index (χ3v) is 9.67. The van der Waals surface area contributed by atoms with Gasteiger partial charge in [0, 0.05) is 17.9 Å². The van der Waals surface area contributed by atoms with E-state index in [1.54, 1.807) is 0 Å². The van der Waals surface area contributed by atoms with Crippen LogP contribution >= 0.6 is 75.5 Å². The van der Waals surface area contributed by atoms with E-state index in [0.717, 1.165) is 0 Å². The third-order valence-electron chi connectivity index (χ3n) is 5.99. The molecule has 0 amide bonds. The lowest BCUT2D eigenvalue weighted by Crippen LogP contribution is -1.90. The molecule has 0 heterocycles. The highest BCUT2D eigenvalue weighted by atomic mass is 79.9. The summed E-state index contributed by atoms with van der Waals surface area (Å²) in [5.74, 6) is 2.71. The van der Waals surface area contributed by atoms with Crippen LogP contribution in [0.4, 0.5) is 0 Å². The van der Waals surface area contributed by atoms with Gasteiger partial charge in [-0.3, -0.25) is 0 Å². The van der Waals surface area contributed by atoms with E-state index >= 15 is 0 Å². The fourth-order valence-corrected chi connectivity index (χ4v) is 6.75. The Morgan fingerprint density at radius 1 is 0.455 bits per heavy atom. The lowest BCUT2D eigenvalue weighted by Gasteiger charge is -2.06. The maximum Gasteiger partial charge on any atom is 0.0208 e. The molecule has 0 N–H and O–H groups in total. The van der Waals surface area contributed by atoms with Crippen LogP contribution in [0.25, 0.3) is 0 Å². The van der Waals surface area contributed by atoms with Crippen molar-refractivity contribution >= 4 is 75.5 Å². The van der Waals surface area contributed by atoms with Crippen LogP contribution in [0.3, 0.4) is 0 Å². The average molecular weight is 726 g/mol. The lowest BCUT2D eigenvalue weighted by molar-refractivity contribution is 0.606. The van der Waals surface area contributed by atoms with Crippen molar-refractivity contribution in [3.05, 3.63) is 65.4 Å². The molecule has 0 saturated carbocycles. The van der Waals surface area contributed by atoms with Gasteiger partial charge in [0.05, 0.1) is 0 Å². The van der Waals surface area contributed by atoms with E-state index in [9.17, 15) is 0 Å². The van der Waals surface area contributed by atoms with E-state index in [2.05, 4.69) is 112 Å². The van der Waals surface area contributed by atoms with Crippen LogP contribution in [0.1, 0.15) is 88.2 Å². The predicted molar refractivity (Wildman–Crippen MR) is 164 cm³/mol. The first-order chi connectivity index (χ1) is 16.1. The number of unbranched alkanes of at least 4 members (excludes halogenated alkanes) is 10. The van der Waals surface area contributed by atoms with Gasteiger partial charge in [-0.25, -0.2) is 0 Å². The van der Waals surface area contributed by atoms with Crippen molar-refractivity contribution < 1.29 is 0 Å². The number of hydrogen-bond donors (Lipinski definition) is 0. The number of aryl methyl sites for hydroxylation is 2. The summed E-state index contributed by atoms with van der Waals surface area (Å²) in [7, 11) is 0. The van der Waals surface area contributed by atoms with E-state index in [-0.39, 0.29) is 0 Å².